The van der Waals surface area contributed by atoms with Crippen LogP contribution in [0.5, 0.6) is 0 Å². The Morgan fingerprint density at radius 1 is 0.160 bits per heavy atom. The van der Waals surface area contributed by atoms with Crippen LogP contribution in [-0.4, -0.2) is 0 Å². The maximum Gasteiger partial charge on any atom is -0.0377 e. The Bertz CT molecular complexity index is 1050. The third kappa shape index (κ3) is 432. The van der Waals surface area contributed by atoms with Crippen molar-refractivity contribution >= 4 is 0 Å². The number of rotatable bonds is 29. The van der Waals surface area contributed by atoms with Crippen LogP contribution < -0.4 is 0 Å². The summed E-state index contributed by atoms with van der Waals surface area (Å²) < 4.78 is 0. The molecule has 0 aliphatic rings. The summed E-state index contributed by atoms with van der Waals surface area (Å²) in [7, 11) is 0. The average Bonchev–Trinajstić information content (AvgIpc) is 3.55. The van der Waals surface area contributed by atoms with Crippen molar-refractivity contribution in [1.82, 2.24) is 0 Å². The molecule has 0 heterocycles. The summed E-state index contributed by atoms with van der Waals surface area (Å²) in [6.07, 6.45) is 73.2. The molecule has 0 N–H and O–H groups in total. The third-order valence-electron chi connectivity index (χ3n) is 10.9. The minimum atomic E-state index is 1.08. The third-order valence-corrected chi connectivity index (χ3v) is 10.9. The predicted octanol–water partition coefficient (Wildman–Crippen LogP) is 38.2. The summed E-state index contributed by atoms with van der Waals surface area (Å²) in [4.78, 5) is 0. The lowest BCUT2D eigenvalue weighted by Gasteiger charge is -1.86. The van der Waals surface area contributed by atoms with Crippen LogP contribution in [0, 0.1) is 0 Å². The highest BCUT2D eigenvalue weighted by atomic mass is 13.9. The van der Waals surface area contributed by atoms with Gasteiger partial charge in [-0.05, 0) is 173 Å². The molecule has 0 amide bonds. The quantitative estimate of drug-likeness (QED) is 0.0517. The average molecular weight is 1330 g/mol. The topological polar surface area (TPSA) is 0 Å². The molecule has 0 aromatic carbocycles. The summed E-state index contributed by atoms with van der Waals surface area (Å²) in [5.41, 5.74) is 8.49. The second-order valence-electron chi connectivity index (χ2n) is 24.0. The molecule has 0 aliphatic carbocycles. The molecule has 0 saturated carbocycles. The van der Waals surface area contributed by atoms with E-state index in [4.69, 9.17) is 0 Å². The lowest BCUT2D eigenvalue weighted by molar-refractivity contribution is 0.702. The molecule has 0 radical (unpaired) electrons. The fourth-order valence-electron chi connectivity index (χ4n) is 5.62. The van der Waals surface area contributed by atoms with Crippen LogP contribution >= 0.6 is 0 Å². The Balaban J connectivity index is -0.0000000448. The van der Waals surface area contributed by atoms with E-state index < -0.39 is 0 Å². The minimum Gasteiger partial charge on any atom is -0.103 e. The molecule has 0 unspecified atom stereocenters. The van der Waals surface area contributed by atoms with Crippen molar-refractivity contribution in [2.75, 3.05) is 0 Å². The van der Waals surface area contributed by atoms with Gasteiger partial charge in [0.25, 0.3) is 0 Å². The van der Waals surface area contributed by atoms with Crippen LogP contribution in [0.4, 0.5) is 0 Å². The Labute approximate surface area is 608 Å². The molecule has 94 heavy (non-hydrogen) atoms. The predicted molar refractivity (Wildman–Crippen MR) is 469 cm³/mol. The molecule has 0 aromatic heterocycles. The molecular weight excluding hydrogens is 1130 g/mol. The SMILES string of the molecule is C=CCC.C=CCC.C=CCC.C=CCC.CCC=C(C)C.CCC=C(C)C.CCC=C(C)C.CCC=C(C)C.CCC=C(C)C.CCC=C(C)C.CCC=CCC.CCC=CCC.CCCCCC.CCCCCC.CCCCCC.CCCCCC.CCCCCC. The summed E-state index contributed by atoms with van der Waals surface area (Å²) in [6, 6.07) is 0. The Kier molecular flexibility index (Phi) is 257. The van der Waals surface area contributed by atoms with Crippen molar-refractivity contribution < 1.29 is 0 Å². The molecular formula is C94H198. The first-order valence-corrected chi connectivity index (χ1v) is 40.2. The fourth-order valence-corrected chi connectivity index (χ4v) is 5.62. The smallest absolute Gasteiger partial charge is 0.0377 e. The molecule has 0 rings (SSSR count). The van der Waals surface area contributed by atoms with Gasteiger partial charge in [-0.1, -0.05) is 413 Å². The highest BCUT2D eigenvalue weighted by Gasteiger charge is 1.79. The summed E-state index contributed by atoms with van der Waals surface area (Å²) in [6.45, 7) is 91.3. The van der Waals surface area contributed by atoms with Gasteiger partial charge in [0.1, 0.15) is 0 Å². The number of allylic oxidation sites excluding steroid dienone is 20. The fraction of sp³-hybridized carbons (Fsp3) is 0.745. The second kappa shape index (κ2) is 180. The van der Waals surface area contributed by atoms with Crippen molar-refractivity contribution in [1.29, 1.82) is 0 Å². The van der Waals surface area contributed by atoms with E-state index in [1.54, 1.807) is 0 Å². The van der Waals surface area contributed by atoms with Gasteiger partial charge in [-0.2, -0.15) is 0 Å². The zero-order chi connectivity index (χ0) is 77.4. The first-order valence-electron chi connectivity index (χ1n) is 40.2. The van der Waals surface area contributed by atoms with Crippen LogP contribution in [0.3, 0.4) is 0 Å². The van der Waals surface area contributed by atoms with Gasteiger partial charge < -0.3 is 0 Å². The van der Waals surface area contributed by atoms with Gasteiger partial charge in [0.05, 0.1) is 0 Å². The molecule has 0 aromatic rings. The molecule has 0 atom stereocenters. The largest absolute Gasteiger partial charge is 0.103 e. The highest BCUT2D eigenvalue weighted by Crippen LogP contribution is 1.99. The van der Waals surface area contributed by atoms with E-state index >= 15 is 0 Å². The summed E-state index contributed by atoms with van der Waals surface area (Å²) >= 11 is 0. The van der Waals surface area contributed by atoms with E-state index in [0.29, 0.717) is 0 Å². The van der Waals surface area contributed by atoms with Gasteiger partial charge >= 0.3 is 0 Å². The number of hydrogen-bond acceptors (Lipinski definition) is 0. The zero-order valence-electron chi connectivity index (χ0n) is 74.0. The van der Waals surface area contributed by atoms with Crippen molar-refractivity contribution in [2.45, 2.75) is 468 Å². The maximum absolute atomic E-state index is 3.48. The van der Waals surface area contributed by atoms with E-state index in [9.17, 15) is 0 Å². The maximum atomic E-state index is 3.48. The molecule has 0 fully saturated rings. The zero-order valence-corrected chi connectivity index (χ0v) is 74.0. The Morgan fingerprint density at radius 2 is 0.245 bits per heavy atom. The van der Waals surface area contributed by atoms with E-state index in [2.05, 4.69) is 336 Å². The molecule has 0 aliphatic heterocycles. The van der Waals surface area contributed by atoms with Gasteiger partial charge in [-0.15, -0.1) is 26.3 Å². The molecule has 0 spiro atoms. The lowest BCUT2D eigenvalue weighted by atomic mass is 10.2. The van der Waals surface area contributed by atoms with Gasteiger partial charge in [-0.25, -0.2) is 0 Å². The molecule has 0 heteroatoms. The van der Waals surface area contributed by atoms with Gasteiger partial charge in [0.2, 0.25) is 0 Å². The Morgan fingerprint density at radius 3 is 0.266 bits per heavy atom. The first kappa shape index (κ1) is 135. The minimum absolute atomic E-state index is 1.08. The van der Waals surface area contributed by atoms with Crippen molar-refractivity contribution in [2.24, 2.45) is 0 Å². The van der Waals surface area contributed by atoms with Gasteiger partial charge in [0.15, 0.2) is 0 Å². The van der Waals surface area contributed by atoms with Crippen molar-refractivity contribution in [3.05, 3.63) is 145 Å². The van der Waals surface area contributed by atoms with E-state index in [1.807, 2.05) is 24.3 Å². The van der Waals surface area contributed by atoms with Crippen LogP contribution in [-0.2, 0) is 0 Å². The standard InChI is InChI=1S/6C6H12.5C6H14.2C6H12.4C4H8/c6*1-4-5-6(2)3;7*1-3-5-6-4-2;4*1-3-4-2/h6*5H,4H2,1-3H3;5*3-6H2,1-2H3;2*5-6H,3-4H2,1-2H3;4*3H,1,4H2,2H3. The van der Waals surface area contributed by atoms with Crippen molar-refractivity contribution in [3.8, 4) is 0 Å². The second-order valence-corrected chi connectivity index (χ2v) is 24.0. The van der Waals surface area contributed by atoms with Crippen LogP contribution in [0.25, 0.3) is 0 Å². The number of hydrogen-bond donors (Lipinski definition) is 0. The van der Waals surface area contributed by atoms with Crippen LogP contribution in [0.1, 0.15) is 468 Å². The lowest BCUT2D eigenvalue weighted by Crippen LogP contribution is -1.66. The van der Waals surface area contributed by atoms with Crippen LogP contribution in [0.15, 0.2) is 145 Å². The summed E-state index contributed by atoms with van der Waals surface area (Å²) in [5.74, 6) is 0. The summed E-state index contributed by atoms with van der Waals surface area (Å²) in [5, 5.41) is 0. The molecule has 0 nitrogen and oxygen atoms in total. The molecule has 0 bridgehead atoms. The number of unbranched alkanes of at least 4 members (excludes halogenated alkanes) is 15. The highest BCUT2D eigenvalue weighted by molar-refractivity contribution is 4.94. The van der Waals surface area contributed by atoms with E-state index in [0.717, 1.165) is 25.7 Å². The normalized spacial score (nSPS) is 8.26. The van der Waals surface area contributed by atoms with E-state index in [-0.39, 0.29) is 0 Å². The Hall–Kier alpha value is -3.12. The van der Waals surface area contributed by atoms with Crippen molar-refractivity contribution in [3.63, 3.8) is 0 Å². The van der Waals surface area contributed by atoms with E-state index in [1.165, 1.54) is 226 Å². The van der Waals surface area contributed by atoms with Crippen LogP contribution in [0.2, 0.25) is 0 Å². The first-order chi connectivity index (χ1) is 44.7. The molecule has 574 valence electrons. The van der Waals surface area contributed by atoms with Gasteiger partial charge in [-0.3, -0.25) is 0 Å². The molecule has 0 saturated heterocycles. The van der Waals surface area contributed by atoms with Gasteiger partial charge in [0, 0.05) is 0 Å². The monoisotopic (exact) mass is 1330 g/mol.